The molecule has 0 aliphatic rings. The fourth-order valence-corrected chi connectivity index (χ4v) is 2.90. The Labute approximate surface area is 183 Å². The standard InChI is InChI=1S/C13H11F2N.C13H8F2O/c2*14-11-5-1-9(2-6-11)13(16)10-3-7-12(15)8-4-10/h1-8,13H,16H2;1-8H. The monoisotopic (exact) mass is 437 g/mol. The van der Waals surface area contributed by atoms with Gasteiger partial charge in [0.25, 0.3) is 0 Å². The van der Waals surface area contributed by atoms with E-state index in [9.17, 15) is 22.4 Å². The van der Waals surface area contributed by atoms with Gasteiger partial charge in [0.05, 0.1) is 6.04 Å². The minimum Gasteiger partial charge on any atom is -0.320 e. The van der Waals surface area contributed by atoms with Crippen molar-refractivity contribution in [2.24, 2.45) is 5.73 Å². The number of rotatable bonds is 4. The maximum atomic E-state index is 12.7. The highest BCUT2D eigenvalue weighted by molar-refractivity contribution is 6.08. The molecule has 0 bridgehead atoms. The normalized spacial score (nSPS) is 10.4. The first-order chi connectivity index (χ1) is 15.3. The number of hydrogen-bond acceptors (Lipinski definition) is 2. The molecule has 4 aromatic carbocycles. The Morgan fingerprint density at radius 3 is 1.03 bits per heavy atom. The number of carbonyl (C=O) groups excluding carboxylic acids is 1. The predicted molar refractivity (Wildman–Crippen MR) is 115 cm³/mol. The van der Waals surface area contributed by atoms with E-state index in [0.717, 1.165) is 11.1 Å². The van der Waals surface area contributed by atoms with Crippen molar-refractivity contribution in [3.63, 3.8) is 0 Å². The van der Waals surface area contributed by atoms with E-state index in [2.05, 4.69) is 0 Å². The quantitative estimate of drug-likeness (QED) is 0.305. The van der Waals surface area contributed by atoms with E-state index < -0.39 is 11.6 Å². The predicted octanol–water partition coefficient (Wildman–Crippen LogP) is 6.21. The average molecular weight is 437 g/mol. The molecule has 162 valence electrons. The van der Waals surface area contributed by atoms with Crippen LogP contribution in [0.5, 0.6) is 0 Å². The molecule has 2 N–H and O–H groups in total. The van der Waals surface area contributed by atoms with Crippen molar-refractivity contribution in [1.82, 2.24) is 0 Å². The summed E-state index contributed by atoms with van der Waals surface area (Å²) in [4.78, 5) is 11.8. The van der Waals surface area contributed by atoms with Gasteiger partial charge in [0, 0.05) is 11.1 Å². The molecule has 0 saturated heterocycles. The van der Waals surface area contributed by atoms with Crippen molar-refractivity contribution in [2.75, 3.05) is 0 Å². The van der Waals surface area contributed by atoms with Gasteiger partial charge in [-0.3, -0.25) is 4.79 Å². The van der Waals surface area contributed by atoms with Crippen LogP contribution < -0.4 is 5.73 Å². The van der Waals surface area contributed by atoms with Gasteiger partial charge < -0.3 is 5.73 Å². The highest BCUT2D eigenvalue weighted by Crippen LogP contribution is 2.20. The van der Waals surface area contributed by atoms with Crippen LogP contribution in [-0.4, -0.2) is 5.78 Å². The summed E-state index contributed by atoms with van der Waals surface area (Å²) in [7, 11) is 0. The van der Waals surface area contributed by atoms with Gasteiger partial charge in [-0.2, -0.15) is 0 Å². The highest BCUT2D eigenvalue weighted by Gasteiger charge is 2.09. The first-order valence-electron chi connectivity index (χ1n) is 9.66. The van der Waals surface area contributed by atoms with Crippen molar-refractivity contribution in [1.29, 1.82) is 0 Å². The summed E-state index contributed by atoms with van der Waals surface area (Å²) in [5.41, 5.74) is 8.33. The zero-order chi connectivity index (χ0) is 23.1. The number of halogens is 4. The van der Waals surface area contributed by atoms with E-state index in [1.165, 1.54) is 72.8 Å². The topological polar surface area (TPSA) is 43.1 Å². The Balaban J connectivity index is 0.000000181. The number of carbonyl (C=O) groups is 1. The molecule has 6 heteroatoms. The van der Waals surface area contributed by atoms with Crippen LogP contribution in [0.4, 0.5) is 17.6 Å². The molecule has 0 aromatic heterocycles. The third kappa shape index (κ3) is 6.12. The Morgan fingerprint density at radius 2 is 0.750 bits per heavy atom. The Morgan fingerprint density at radius 1 is 0.500 bits per heavy atom. The lowest BCUT2D eigenvalue weighted by atomic mass is 10.00. The van der Waals surface area contributed by atoms with Gasteiger partial charge in [-0.25, -0.2) is 17.6 Å². The minimum absolute atomic E-state index is 0.250. The molecule has 0 unspecified atom stereocenters. The molecule has 2 nitrogen and oxygen atoms in total. The second kappa shape index (κ2) is 10.5. The fourth-order valence-electron chi connectivity index (χ4n) is 2.90. The summed E-state index contributed by atoms with van der Waals surface area (Å²) >= 11 is 0. The summed E-state index contributed by atoms with van der Waals surface area (Å²) in [5.74, 6) is -1.63. The van der Waals surface area contributed by atoms with Crippen LogP contribution in [0.25, 0.3) is 0 Å². The molecule has 0 heterocycles. The highest BCUT2D eigenvalue weighted by atomic mass is 19.1. The number of benzene rings is 4. The zero-order valence-electron chi connectivity index (χ0n) is 16.8. The van der Waals surface area contributed by atoms with Crippen LogP contribution in [0.3, 0.4) is 0 Å². The van der Waals surface area contributed by atoms with Gasteiger partial charge in [0.2, 0.25) is 0 Å². The number of hydrogen-bond donors (Lipinski definition) is 1. The summed E-state index contributed by atoms with van der Waals surface area (Å²) in [6.07, 6.45) is 0. The summed E-state index contributed by atoms with van der Waals surface area (Å²) in [6, 6.07) is 22.1. The van der Waals surface area contributed by atoms with Crippen LogP contribution in [0.15, 0.2) is 97.1 Å². The Hall–Kier alpha value is -3.77. The number of nitrogens with two attached hydrogens (primary N) is 1. The van der Waals surface area contributed by atoms with Gasteiger partial charge >= 0.3 is 0 Å². The summed E-state index contributed by atoms with van der Waals surface area (Å²) < 4.78 is 50.7. The lowest BCUT2D eigenvalue weighted by molar-refractivity contribution is 0.103. The van der Waals surface area contributed by atoms with Crippen molar-refractivity contribution in [3.8, 4) is 0 Å². The maximum absolute atomic E-state index is 12.7. The summed E-state index contributed by atoms with van der Waals surface area (Å²) in [5, 5.41) is 0. The third-order valence-electron chi connectivity index (χ3n) is 4.67. The van der Waals surface area contributed by atoms with Gasteiger partial charge in [0.15, 0.2) is 5.78 Å². The molecule has 4 aromatic rings. The van der Waals surface area contributed by atoms with E-state index in [1.807, 2.05) is 0 Å². The van der Waals surface area contributed by atoms with Crippen LogP contribution >= 0.6 is 0 Å². The van der Waals surface area contributed by atoms with Crippen molar-refractivity contribution < 1.29 is 22.4 Å². The molecule has 0 aliphatic heterocycles. The lowest BCUT2D eigenvalue weighted by Crippen LogP contribution is -2.11. The molecule has 0 spiro atoms. The van der Waals surface area contributed by atoms with Crippen molar-refractivity contribution >= 4 is 5.78 Å². The number of ketones is 1. The smallest absolute Gasteiger partial charge is 0.193 e. The molecule has 32 heavy (non-hydrogen) atoms. The molecular weight excluding hydrogens is 418 g/mol. The SMILES string of the molecule is NC(c1ccc(F)cc1)c1ccc(F)cc1.O=C(c1ccc(F)cc1)c1ccc(F)cc1. The molecule has 0 amide bonds. The third-order valence-corrected chi connectivity index (χ3v) is 4.67. The van der Waals surface area contributed by atoms with E-state index in [1.54, 1.807) is 24.3 Å². The lowest BCUT2D eigenvalue weighted by Gasteiger charge is -2.12. The molecule has 0 fully saturated rings. The van der Waals surface area contributed by atoms with Gasteiger partial charge in [-0.05, 0) is 83.9 Å². The Bertz CT molecular complexity index is 1060. The van der Waals surface area contributed by atoms with Crippen LogP contribution in [0.1, 0.15) is 33.1 Å². The second-order valence-corrected chi connectivity index (χ2v) is 6.92. The van der Waals surface area contributed by atoms with Gasteiger partial charge in [-0.15, -0.1) is 0 Å². The Kier molecular flexibility index (Phi) is 7.52. The second-order valence-electron chi connectivity index (χ2n) is 6.92. The van der Waals surface area contributed by atoms with E-state index >= 15 is 0 Å². The summed E-state index contributed by atoms with van der Waals surface area (Å²) in [6.45, 7) is 0. The molecule has 4 rings (SSSR count). The molecule has 0 aliphatic carbocycles. The maximum Gasteiger partial charge on any atom is 0.193 e. The molecular formula is C26H19F4NO. The molecule has 0 atom stereocenters. The van der Waals surface area contributed by atoms with Gasteiger partial charge in [0.1, 0.15) is 23.3 Å². The van der Waals surface area contributed by atoms with Crippen molar-refractivity contribution in [2.45, 2.75) is 6.04 Å². The fraction of sp³-hybridized carbons (Fsp3) is 0.0385. The zero-order valence-corrected chi connectivity index (χ0v) is 16.8. The van der Waals surface area contributed by atoms with Gasteiger partial charge in [-0.1, -0.05) is 24.3 Å². The largest absolute Gasteiger partial charge is 0.320 e. The average Bonchev–Trinajstić information content (AvgIpc) is 2.81. The van der Waals surface area contributed by atoms with Crippen LogP contribution in [-0.2, 0) is 0 Å². The first-order valence-corrected chi connectivity index (χ1v) is 9.66. The van der Waals surface area contributed by atoms with E-state index in [-0.39, 0.29) is 23.5 Å². The van der Waals surface area contributed by atoms with Crippen LogP contribution in [0.2, 0.25) is 0 Å². The molecule has 0 saturated carbocycles. The van der Waals surface area contributed by atoms with E-state index in [0.29, 0.717) is 11.1 Å². The van der Waals surface area contributed by atoms with E-state index in [4.69, 9.17) is 5.73 Å². The molecule has 0 radical (unpaired) electrons. The first kappa shape index (κ1) is 22.9. The minimum atomic E-state index is -0.393. The van der Waals surface area contributed by atoms with Crippen molar-refractivity contribution in [3.05, 3.63) is 143 Å². The van der Waals surface area contributed by atoms with Crippen LogP contribution in [0, 0.1) is 23.3 Å².